The summed E-state index contributed by atoms with van der Waals surface area (Å²) in [5, 5.41) is 6.28. The lowest BCUT2D eigenvalue weighted by Crippen LogP contribution is -2.44. The molecule has 1 atom stereocenters. The molecule has 0 aromatic heterocycles. The minimum atomic E-state index is -2.95. The highest BCUT2D eigenvalue weighted by Gasteiger charge is 2.28. The van der Waals surface area contributed by atoms with E-state index in [2.05, 4.69) is 15.6 Å². The molecule has 0 amide bonds. The number of hydrogen-bond donors (Lipinski definition) is 2. The Balaban J connectivity index is 0.00000261. The highest BCUT2D eigenvalue weighted by Crippen LogP contribution is 2.29. The predicted octanol–water partition coefficient (Wildman–Crippen LogP) is 1.59. The summed E-state index contributed by atoms with van der Waals surface area (Å²) in [5.41, 5.74) is 1.46. The van der Waals surface area contributed by atoms with Crippen LogP contribution >= 0.6 is 24.0 Å². The van der Waals surface area contributed by atoms with Crippen molar-refractivity contribution in [3.63, 3.8) is 0 Å². The highest BCUT2D eigenvalue weighted by atomic mass is 127. The quantitative estimate of drug-likeness (QED) is 0.354. The largest absolute Gasteiger partial charge is 0.467 e. The Bertz CT molecular complexity index is 789. The van der Waals surface area contributed by atoms with Gasteiger partial charge in [0.05, 0.1) is 18.1 Å². The van der Waals surface area contributed by atoms with Gasteiger partial charge in [-0.15, -0.1) is 24.0 Å². The van der Waals surface area contributed by atoms with E-state index in [4.69, 9.17) is 9.47 Å². The van der Waals surface area contributed by atoms with Crippen LogP contribution in [-0.2, 0) is 27.6 Å². The van der Waals surface area contributed by atoms with Gasteiger partial charge in [0, 0.05) is 24.7 Å². The van der Waals surface area contributed by atoms with Gasteiger partial charge in [-0.25, -0.2) is 12.8 Å². The fourth-order valence-corrected chi connectivity index (χ4v) is 4.83. The molecule has 1 fully saturated rings. The Morgan fingerprint density at radius 1 is 1.41 bits per heavy atom. The topological polar surface area (TPSA) is 89.0 Å². The smallest absolute Gasteiger partial charge is 0.191 e. The van der Waals surface area contributed by atoms with Crippen molar-refractivity contribution in [2.24, 2.45) is 4.99 Å². The molecule has 2 aliphatic heterocycles. The lowest BCUT2D eigenvalue weighted by atomic mass is 10.1. The zero-order valence-electron chi connectivity index (χ0n) is 15.2. The first-order valence-corrected chi connectivity index (χ1v) is 10.6. The van der Waals surface area contributed by atoms with Crippen molar-refractivity contribution in [3.8, 4) is 5.75 Å². The van der Waals surface area contributed by atoms with Gasteiger partial charge in [-0.05, 0) is 37.5 Å². The molecule has 0 saturated carbocycles. The summed E-state index contributed by atoms with van der Waals surface area (Å²) in [6.45, 7) is 3.54. The molecular formula is C17H25FIN3O4S. The maximum Gasteiger partial charge on any atom is 0.191 e. The summed E-state index contributed by atoms with van der Waals surface area (Å²) in [4.78, 5) is 4.49. The lowest BCUT2D eigenvalue weighted by molar-refractivity contribution is -0.0172. The van der Waals surface area contributed by atoms with Crippen LogP contribution in [0.2, 0.25) is 0 Å². The van der Waals surface area contributed by atoms with Crippen LogP contribution in [0.25, 0.3) is 0 Å². The number of rotatable bonds is 5. The zero-order valence-corrected chi connectivity index (χ0v) is 18.3. The van der Waals surface area contributed by atoms with Crippen LogP contribution in [0.5, 0.6) is 5.75 Å². The molecule has 1 saturated heterocycles. The van der Waals surface area contributed by atoms with Crippen molar-refractivity contribution >= 4 is 39.8 Å². The van der Waals surface area contributed by atoms with Gasteiger partial charge in [0.25, 0.3) is 0 Å². The minimum Gasteiger partial charge on any atom is -0.467 e. The van der Waals surface area contributed by atoms with Crippen molar-refractivity contribution in [2.45, 2.75) is 32.4 Å². The van der Waals surface area contributed by atoms with Gasteiger partial charge >= 0.3 is 0 Å². The molecular weight excluding hydrogens is 488 g/mol. The molecule has 1 unspecified atom stereocenters. The number of fused-ring (bicyclic) bond motifs is 1. The van der Waals surface area contributed by atoms with Crippen LogP contribution in [0, 0.1) is 5.82 Å². The lowest BCUT2D eigenvalue weighted by Gasteiger charge is -2.20. The fourth-order valence-electron chi connectivity index (χ4n) is 3.15. The van der Waals surface area contributed by atoms with Crippen molar-refractivity contribution < 1.29 is 22.3 Å². The van der Waals surface area contributed by atoms with E-state index in [1.165, 1.54) is 12.1 Å². The maximum absolute atomic E-state index is 13.8. The monoisotopic (exact) mass is 513 g/mol. The zero-order chi connectivity index (χ0) is 18.6. The third-order valence-corrected chi connectivity index (χ3v) is 6.09. The van der Waals surface area contributed by atoms with Gasteiger partial charge in [-0.2, -0.15) is 0 Å². The van der Waals surface area contributed by atoms with Gasteiger partial charge in [-0.3, -0.25) is 4.99 Å². The second-order valence-corrected chi connectivity index (χ2v) is 8.65. The van der Waals surface area contributed by atoms with Crippen LogP contribution in [0.15, 0.2) is 17.1 Å². The molecule has 0 radical (unpaired) electrons. The molecule has 7 nitrogen and oxygen atoms in total. The molecule has 2 heterocycles. The van der Waals surface area contributed by atoms with E-state index in [-0.39, 0.29) is 54.1 Å². The number of benzene rings is 1. The Kier molecular flexibility index (Phi) is 8.10. The van der Waals surface area contributed by atoms with Gasteiger partial charge in [0.1, 0.15) is 11.6 Å². The van der Waals surface area contributed by atoms with Gasteiger partial charge < -0.3 is 20.1 Å². The summed E-state index contributed by atoms with van der Waals surface area (Å²) in [7, 11) is -2.95. The Morgan fingerprint density at radius 3 is 2.93 bits per heavy atom. The van der Waals surface area contributed by atoms with Crippen LogP contribution < -0.4 is 15.4 Å². The first kappa shape index (κ1) is 22.2. The summed E-state index contributed by atoms with van der Waals surface area (Å²) in [6, 6.07) is 2.76. The third-order valence-electron chi connectivity index (χ3n) is 4.32. The SMILES string of the molecule is CCNC(=NCCc1cc(F)cc2c1OCOC2)NC1CCS(=O)(=O)C1.I. The Morgan fingerprint density at radius 2 is 2.22 bits per heavy atom. The van der Waals surface area contributed by atoms with Crippen molar-refractivity contribution in [3.05, 3.63) is 29.1 Å². The summed E-state index contributed by atoms with van der Waals surface area (Å²) in [6.07, 6.45) is 1.09. The molecule has 1 aromatic carbocycles. The standard InChI is InChI=1S/C17H24FN3O4S.HI/c1-2-19-17(21-15-4-6-26(22,23)10-15)20-5-3-12-7-14(18)8-13-9-24-11-25-16(12)13;/h7-8,15H,2-6,9-11H2,1H3,(H2,19,20,21);1H. The molecule has 27 heavy (non-hydrogen) atoms. The van der Waals surface area contributed by atoms with E-state index in [0.29, 0.717) is 49.8 Å². The molecule has 2 N–H and O–H groups in total. The second kappa shape index (κ2) is 9.87. The summed E-state index contributed by atoms with van der Waals surface area (Å²) >= 11 is 0. The van der Waals surface area contributed by atoms with E-state index in [1.807, 2.05) is 6.92 Å². The molecule has 3 rings (SSSR count). The number of nitrogens with zero attached hydrogens (tertiary/aromatic N) is 1. The molecule has 10 heteroatoms. The Labute approximate surface area is 176 Å². The minimum absolute atomic E-state index is 0. The van der Waals surface area contributed by atoms with Gasteiger partial charge in [0.15, 0.2) is 22.6 Å². The average molecular weight is 513 g/mol. The molecule has 2 aliphatic rings. The summed E-state index contributed by atoms with van der Waals surface area (Å²) in [5.74, 6) is 1.26. The number of ether oxygens (including phenoxy) is 2. The van der Waals surface area contributed by atoms with Crippen LogP contribution in [0.4, 0.5) is 4.39 Å². The summed E-state index contributed by atoms with van der Waals surface area (Å²) < 4.78 is 47.6. The van der Waals surface area contributed by atoms with Gasteiger partial charge in [0.2, 0.25) is 0 Å². The number of aliphatic imine (C=N–C) groups is 1. The third kappa shape index (κ3) is 6.18. The first-order valence-electron chi connectivity index (χ1n) is 8.74. The van der Waals surface area contributed by atoms with E-state index in [0.717, 1.165) is 5.56 Å². The van der Waals surface area contributed by atoms with E-state index < -0.39 is 9.84 Å². The number of halogens is 2. The molecule has 1 aromatic rings. The van der Waals surface area contributed by atoms with Gasteiger partial charge in [-0.1, -0.05) is 0 Å². The number of sulfone groups is 1. The van der Waals surface area contributed by atoms with Crippen molar-refractivity contribution in [2.75, 3.05) is 31.4 Å². The highest BCUT2D eigenvalue weighted by molar-refractivity contribution is 14.0. The normalized spacial score (nSPS) is 21.0. The van der Waals surface area contributed by atoms with Crippen LogP contribution in [-0.4, -0.2) is 51.8 Å². The van der Waals surface area contributed by atoms with Crippen LogP contribution in [0.1, 0.15) is 24.5 Å². The Hall–Kier alpha value is -1.14. The molecule has 152 valence electrons. The predicted molar refractivity (Wildman–Crippen MR) is 112 cm³/mol. The number of guanidine groups is 1. The number of hydrogen-bond acceptors (Lipinski definition) is 5. The fraction of sp³-hybridized carbons (Fsp3) is 0.588. The van der Waals surface area contributed by atoms with Crippen molar-refractivity contribution in [1.82, 2.24) is 10.6 Å². The van der Waals surface area contributed by atoms with E-state index >= 15 is 0 Å². The number of nitrogens with one attached hydrogen (secondary N) is 2. The first-order chi connectivity index (χ1) is 12.5. The van der Waals surface area contributed by atoms with Crippen LogP contribution in [0.3, 0.4) is 0 Å². The molecule has 0 aliphatic carbocycles. The van der Waals surface area contributed by atoms with E-state index in [9.17, 15) is 12.8 Å². The maximum atomic E-state index is 13.8. The average Bonchev–Trinajstić information content (AvgIpc) is 2.93. The second-order valence-electron chi connectivity index (χ2n) is 6.42. The van der Waals surface area contributed by atoms with Crippen molar-refractivity contribution in [1.29, 1.82) is 0 Å². The molecule has 0 bridgehead atoms. The molecule has 0 spiro atoms. The van der Waals surface area contributed by atoms with E-state index in [1.54, 1.807) is 0 Å².